The van der Waals surface area contributed by atoms with Crippen LogP contribution in [0, 0.1) is 0 Å². The Kier molecular flexibility index (Phi) is 6.48. The average molecular weight is 339 g/mol. The summed E-state index contributed by atoms with van der Waals surface area (Å²) in [4.78, 5) is 0. The van der Waals surface area contributed by atoms with E-state index in [9.17, 15) is 0 Å². The smallest absolute Gasteiger partial charge is 0.170 e. The zero-order valence-electron chi connectivity index (χ0n) is 12.4. The highest BCUT2D eigenvalue weighted by Crippen LogP contribution is 2.15. The molecule has 2 aromatic rings. The van der Waals surface area contributed by atoms with Crippen LogP contribution in [0.1, 0.15) is 13.3 Å². The molecule has 0 radical (unpaired) electrons. The third-order valence-corrected chi connectivity index (χ3v) is 3.32. The van der Waals surface area contributed by atoms with E-state index in [-0.39, 0.29) is 0 Å². The number of halogens is 1. The quantitative estimate of drug-likeness (QED) is 0.599. The second-order valence-corrected chi connectivity index (χ2v) is 5.46. The average Bonchev–Trinajstić information content (AvgIpc) is 2.92. The topological polar surface area (TPSA) is 51.1 Å². The van der Waals surface area contributed by atoms with E-state index in [1.165, 1.54) is 0 Å². The van der Waals surface area contributed by atoms with Crippen LogP contribution in [0.25, 0.3) is 0 Å². The Morgan fingerprint density at radius 3 is 2.77 bits per heavy atom. The molecule has 2 N–H and O–H groups in total. The van der Waals surface area contributed by atoms with Gasteiger partial charge < -0.3 is 15.4 Å². The highest BCUT2D eigenvalue weighted by molar-refractivity contribution is 7.80. The molecule has 0 aliphatic carbocycles. The first-order valence-corrected chi connectivity index (χ1v) is 7.91. The first kappa shape index (κ1) is 16.6. The van der Waals surface area contributed by atoms with Gasteiger partial charge in [-0.15, -0.1) is 0 Å². The molecule has 5 nitrogen and oxygen atoms in total. The van der Waals surface area contributed by atoms with Crippen LogP contribution in [0.2, 0.25) is 5.02 Å². The number of aromatic nitrogens is 2. The second kappa shape index (κ2) is 8.60. The lowest BCUT2D eigenvalue weighted by atomic mass is 10.3. The lowest BCUT2D eigenvalue weighted by Crippen LogP contribution is -2.29. The van der Waals surface area contributed by atoms with E-state index < -0.39 is 0 Å². The standard InChI is InChI=1S/C15H19ClN4OS/c1-2-21-14-6-4-13(5-7-14)19-15(22)17-8-3-9-20-11-12(16)10-18-20/h4-7,10-11H,2-3,8-9H2,1H3,(H2,17,19,22). The van der Waals surface area contributed by atoms with E-state index in [0.29, 0.717) is 16.7 Å². The molecule has 0 aliphatic heterocycles. The molecule has 0 unspecified atom stereocenters. The molecule has 0 atom stereocenters. The van der Waals surface area contributed by atoms with Crippen molar-refractivity contribution in [3.8, 4) is 5.75 Å². The van der Waals surface area contributed by atoms with Crippen LogP contribution in [0.5, 0.6) is 5.75 Å². The first-order valence-electron chi connectivity index (χ1n) is 7.13. The van der Waals surface area contributed by atoms with Crippen LogP contribution in [0.3, 0.4) is 0 Å². The van der Waals surface area contributed by atoms with E-state index in [0.717, 1.165) is 30.9 Å². The van der Waals surface area contributed by atoms with Crippen molar-refractivity contribution < 1.29 is 4.74 Å². The second-order valence-electron chi connectivity index (χ2n) is 4.61. The molecule has 0 saturated carbocycles. The monoisotopic (exact) mass is 338 g/mol. The minimum absolute atomic E-state index is 0.600. The maximum Gasteiger partial charge on any atom is 0.170 e. The van der Waals surface area contributed by atoms with Crippen LogP contribution in [0.4, 0.5) is 5.69 Å². The fourth-order valence-corrected chi connectivity index (χ4v) is 2.26. The van der Waals surface area contributed by atoms with Crippen molar-refractivity contribution in [1.29, 1.82) is 0 Å². The summed E-state index contributed by atoms with van der Waals surface area (Å²) in [6.45, 7) is 4.18. The molecule has 0 saturated heterocycles. The van der Waals surface area contributed by atoms with Crippen molar-refractivity contribution in [2.24, 2.45) is 0 Å². The molecule has 22 heavy (non-hydrogen) atoms. The predicted octanol–water partition coefficient (Wildman–Crippen LogP) is 3.31. The van der Waals surface area contributed by atoms with Crippen molar-refractivity contribution in [3.05, 3.63) is 41.7 Å². The Balaban J connectivity index is 1.66. The molecule has 0 spiro atoms. The largest absolute Gasteiger partial charge is 0.494 e. The van der Waals surface area contributed by atoms with Crippen LogP contribution in [0.15, 0.2) is 36.7 Å². The summed E-state index contributed by atoms with van der Waals surface area (Å²) >= 11 is 11.1. The molecule has 2 rings (SSSR count). The Morgan fingerprint density at radius 2 is 2.14 bits per heavy atom. The summed E-state index contributed by atoms with van der Waals surface area (Å²) in [5.74, 6) is 0.852. The number of hydrogen-bond donors (Lipinski definition) is 2. The number of nitrogens with zero attached hydrogens (tertiary/aromatic N) is 2. The maximum atomic E-state index is 5.81. The highest BCUT2D eigenvalue weighted by Gasteiger charge is 1.99. The molecule has 1 aromatic carbocycles. The zero-order valence-corrected chi connectivity index (χ0v) is 14.0. The van der Waals surface area contributed by atoms with Crippen LogP contribution in [-0.2, 0) is 6.54 Å². The van der Waals surface area contributed by atoms with E-state index >= 15 is 0 Å². The molecule has 7 heteroatoms. The Labute approximate surface area is 140 Å². The molecule has 0 bridgehead atoms. The SMILES string of the molecule is CCOc1ccc(NC(=S)NCCCn2cc(Cl)cn2)cc1. The van der Waals surface area contributed by atoms with E-state index in [4.69, 9.17) is 28.6 Å². The number of thiocarbonyl (C=S) groups is 1. The molecule has 0 fully saturated rings. The van der Waals surface area contributed by atoms with E-state index in [1.807, 2.05) is 35.9 Å². The fraction of sp³-hybridized carbons (Fsp3) is 0.333. The summed E-state index contributed by atoms with van der Waals surface area (Å²) in [6.07, 6.45) is 4.34. The van der Waals surface area contributed by atoms with E-state index in [1.54, 1.807) is 12.4 Å². The molecular formula is C15H19ClN4OS. The summed E-state index contributed by atoms with van der Waals surface area (Å²) in [5, 5.41) is 11.7. The zero-order chi connectivity index (χ0) is 15.8. The summed E-state index contributed by atoms with van der Waals surface area (Å²) in [7, 11) is 0. The number of anilines is 1. The van der Waals surface area contributed by atoms with Gasteiger partial charge in [-0.25, -0.2) is 0 Å². The van der Waals surface area contributed by atoms with Gasteiger partial charge in [0.25, 0.3) is 0 Å². The number of ether oxygens (including phenoxy) is 1. The highest BCUT2D eigenvalue weighted by atomic mass is 35.5. The third-order valence-electron chi connectivity index (χ3n) is 2.87. The van der Waals surface area contributed by atoms with Gasteiger partial charge in [-0.1, -0.05) is 11.6 Å². The van der Waals surface area contributed by atoms with Crippen molar-refractivity contribution >= 4 is 34.6 Å². The van der Waals surface area contributed by atoms with Crippen LogP contribution in [-0.4, -0.2) is 28.0 Å². The van der Waals surface area contributed by atoms with Gasteiger partial charge in [-0.2, -0.15) is 5.10 Å². The summed E-state index contributed by atoms with van der Waals surface area (Å²) in [5.41, 5.74) is 0.930. The number of rotatable bonds is 7. The van der Waals surface area contributed by atoms with Gasteiger partial charge in [0, 0.05) is 25.0 Å². The fourth-order valence-electron chi connectivity index (χ4n) is 1.88. The molecule has 1 heterocycles. The van der Waals surface area contributed by atoms with Crippen LogP contribution < -0.4 is 15.4 Å². The van der Waals surface area contributed by atoms with Crippen LogP contribution >= 0.6 is 23.8 Å². The number of aryl methyl sites for hydroxylation is 1. The maximum absolute atomic E-state index is 5.81. The Morgan fingerprint density at radius 1 is 1.36 bits per heavy atom. The Hall–Kier alpha value is -1.79. The number of benzene rings is 1. The van der Waals surface area contributed by atoms with Gasteiger partial charge in [0.05, 0.1) is 17.8 Å². The van der Waals surface area contributed by atoms with Gasteiger partial charge in [0.2, 0.25) is 0 Å². The van der Waals surface area contributed by atoms with Gasteiger partial charge in [-0.05, 0) is 49.8 Å². The van der Waals surface area contributed by atoms with Gasteiger partial charge >= 0.3 is 0 Å². The molecule has 0 aliphatic rings. The van der Waals surface area contributed by atoms with Crippen molar-refractivity contribution in [3.63, 3.8) is 0 Å². The predicted molar refractivity (Wildman–Crippen MR) is 93.7 cm³/mol. The van der Waals surface area contributed by atoms with E-state index in [2.05, 4.69) is 15.7 Å². The molecule has 0 amide bonds. The normalized spacial score (nSPS) is 10.3. The number of hydrogen-bond acceptors (Lipinski definition) is 3. The molecule has 1 aromatic heterocycles. The number of nitrogens with one attached hydrogen (secondary N) is 2. The van der Waals surface area contributed by atoms with Crippen molar-refractivity contribution in [2.45, 2.75) is 19.9 Å². The van der Waals surface area contributed by atoms with Gasteiger partial charge in [0.1, 0.15) is 5.75 Å². The lowest BCUT2D eigenvalue weighted by Gasteiger charge is -2.11. The Bertz CT molecular complexity index is 600. The molecular weight excluding hydrogens is 320 g/mol. The summed E-state index contributed by atoms with van der Waals surface area (Å²) in [6, 6.07) is 7.70. The minimum Gasteiger partial charge on any atom is -0.494 e. The van der Waals surface area contributed by atoms with Crippen molar-refractivity contribution in [1.82, 2.24) is 15.1 Å². The first-order chi connectivity index (χ1) is 10.7. The van der Waals surface area contributed by atoms with Crippen molar-refractivity contribution in [2.75, 3.05) is 18.5 Å². The third kappa shape index (κ3) is 5.54. The van der Waals surface area contributed by atoms with Gasteiger partial charge in [-0.3, -0.25) is 4.68 Å². The minimum atomic E-state index is 0.600. The lowest BCUT2D eigenvalue weighted by molar-refractivity contribution is 0.340. The summed E-state index contributed by atoms with van der Waals surface area (Å²) < 4.78 is 7.21. The molecule has 118 valence electrons. The van der Waals surface area contributed by atoms with Gasteiger partial charge in [0.15, 0.2) is 5.11 Å².